The normalized spacial score (nSPS) is 23.6. The van der Waals surface area contributed by atoms with Crippen LogP contribution < -0.4 is 0 Å². The molecule has 0 aromatic carbocycles. The standard InChI is InChI=1S/C15H28N2O3/c1-4-16(5-2)13(18)9-8-12-17-11-7-6-10-15(17,3)14(19)20/h4-12H2,1-3H3,(H,19,20). The maximum Gasteiger partial charge on any atom is 0.323 e. The Morgan fingerprint density at radius 3 is 2.45 bits per heavy atom. The molecule has 5 heteroatoms. The van der Waals surface area contributed by atoms with Gasteiger partial charge in [-0.2, -0.15) is 0 Å². The third-order valence-electron chi connectivity index (χ3n) is 4.44. The second kappa shape index (κ2) is 7.62. The number of carbonyl (C=O) groups is 2. The number of aliphatic carboxylic acids is 1. The summed E-state index contributed by atoms with van der Waals surface area (Å²) in [5, 5.41) is 9.42. The van der Waals surface area contributed by atoms with Crippen molar-refractivity contribution in [3.05, 3.63) is 0 Å². The molecule has 116 valence electrons. The molecular formula is C15H28N2O3. The minimum Gasteiger partial charge on any atom is -0.480 e. The fourth-order valence-electron chi connectivity index (χ4n) is 2.93. The molecule has 1 fully saturated rings. The van der Waals surface area contributed by atoms with Crippen LogP contribution in [0.25, 0.3) is 0 Å². The molecule has 1 heterocycles. The lowest BCUT2D eigenvalue weighted by Gasteiger charge is -2.41. The van der Waals surface area contributed by atoms with Gasteiger partial charge in [0, 0.05) is 19.5 Å². The molecule has 1 aliphatic heterocycles. The van der Waals surface area contributed by atoms with E-state index in [0.29, 0.717) is 19.4 Å². The summed E-state index contributed by atoms with van der Waals surface area (Å²) in [5.74, 6) is -0.573. The van der Waals surface area contributed by atoms with Crippen molar-refractivity contribution in [1.82, 2.24) is 9.80 Å². The van der Waals surface area contributed by atoms with Gasteiger partial charge in [0.1, 0.15) is 5.54 Å². The number of carboxylic acid groups (broad SMARTS) is 1. The van der Waals surface area contributed by atoms with Crippen molar-refractivity contribution in [3.8, 4) is 0 Å². The van der Waals surface area contributed by atoms with E-state index in [-0.39, 0.29) is 5.91 Å². The van der Waals surface area contributed by atoms with Gasteiger partial charge in [-0.1, -0.05) is 0 Å². The second-order valence-corrected chi connectivity index (χ2v) is 5.69. The maximum atomic E-state index is 11.9. The molecule has 5 nitrogen and oxygen atoms in total. The molecule has 1 saturated heterocycles. The smallest absolute Gasteiger partial charge is 0.323 e. The number of hydrogen-bond donors (Lipinski definition) is 1. The lowest BCUT2D eigenvalue weighted by Crippen LogP contribution is -2.55. The number of carbonyl (C=O) groups excluding carboxylic acids is 1. The predicted octanol–water partition coefficient (Wildman–Crippen LogP) is 1.96. The SMILES string of the molecule is CCN(CC)C(=O)CCCN1CCCCC1(C)C(=O)O. The van der Waals surface area contributed by atoms with Gasteiger partial charge in [0.2, 0.25) is 5.91 Å². The average molecular weight is 284 g/mol. The number of amides is 1. The molecule has 0 spiro atoms. The van der Waals surface area contributed by atoms with Crippen molar-refractivity contribution < 1.29 is 14.7 Å². The summed E-state index contributed by atoms with van der Waals surface area (Å²) < 4.78 is 0. The van der Waals surface area contributed by atoms with Crippen LogP contribution in [0.2, 0.25) is 0 Å². The molecule has 0 aliphatic carbocycles. The van der Waals surface area contributed by atoms with Crippen molar-refractivity contribution >= 4 is 11.9 Å². The predicted molar refractivity (Wildman–Crippen MR) is 78.6 cm³/mol. The molecule has 0 aromatic rings. The number of carboxylic acids is 1. The Morgan fingerprint density at radius 1 is 1.25 bits per heavy atom. The number of nitrogens with zero attached hydrogens (tertiary/aromatic N) is 2. The highest BCUT2D eigenvalue weighted by atomic mass is 16.4. The monoisotopic (exact) mass is 284 g/mol. The van der Waals surface area contributed by atoms with E-state index in [4.69, 9.17) is 0 Å². The molecule has 0 bridgehead atoms. The minimum atomic E-state index is -0.753. The largest absolute Gasteiger partial charge is 0.480 e. The summed E-state index contributed by atoms with van der Waals surface area (Å²) >= 11 is 0. The molecule has 1 aliphatic rings. The highest BCUT2D eigenvalue weighted by molar-refractivity contribution is 5.78. The zero-order valence-corrected chi connectivity index (χ0v) is 13.0. The van der Waals surface area contributed by atoms with E-state index in [9.17, 15) is 14.7 Å². The molecule has 1 rings (SSSR count). The van der Waals surface area contributed by atoms with Crippen LogP contribution in [0.3, 0.4) is 0 Å². The number of piperidine rings is 1. The van der Waals surface area contributed by atoms with Gasteiger partial charge < -0.3 is 10.0 Å². The van der Waals surface area contributed by atoms with Gasteiger partial charge in [-0.25, -0.2) is 0 Å². The van der Waals surface area contributed by atoms with Gasteiger partial charge >= 0.3 is 5.97 Å². The van der Waals surface area contributed by atoms with Crippen LogP contribution in [-0.2, 0) is 9.59 Å². The van der Waals surface area contributed by atoms with Gasteiger partial charge in [0.15, 0.2) is 0 Å². The topological polar surface area (TPSA) is 60.9 Å². The highest BCUT2D eigenvalue weighted by Crippen LogP contribution is 2.28. The van der Waals surface area contributed by atoms with Crippen LogP contribution in [0.4, 0.5) is 0 Å². The molecule has 1 amide bonds. The minimum absolute atomic E-state index is 0.170. The van der Waals surface area contributed by atoms with Crippen molar-refractivity contribution in [1.29, 1.82) is 0 Å². The summed E-state index contributed by atoms with van der Waals surface area (Å²) in [6.07, 6.45) is 3.96. The van der Waals surface area contributed by atoms with Gasteiger partial charge in [0.25, 0.3) is 0 Å². The molecule has 1 N–H and O–H groups in total. The van der Waals surface area contributed by atoms with Crippen molar-refractivity contribution in [2.75, 3.05) is 26.2 Å². The molecular weight excluding hydrogens is 256 g/mol. The van der Waals surface area contributed by atoms with Gasteiger partial charge in [-0.05, 0) is 59.5 Å². The summed E-state index contributed by atoms with van der Waals surface area (Å²) in [7, 11) is 0. The van der Waals surface area contributed by atoms with Crippen LogP contribution in [0.15, 0.2) is 0 Å². The van der Waals surface area contributed by atoms with Gasteiger partial charge in [-0.3, -0.25) is 14.5 Å². The quantitative estimate of drug-likeness (QED) is 0.776. The van der Waals surface area contributed by atoms with E-state index in [1.807, 2.05) is 23.6 Å². The number of rotatable bonds is 7. The van der Waals surface area contributed by atoms with Crippen LogP contribution >= 0.6 is 0 Å². The van der Waals surface area contributed by atoms with Crippen molar-refractivity contribution in [2.45, 2.75) is 58.4 Å². The second-order valence-electron chi connectivity index (χ2n) is 5.69. The van der Waals surface area contributed by atoms with Crippen molar-refractivity contribution in [2.24, 2.45) is 0 Å². The van der Waals surface area contributed by atoms with Crippen molar-refractivity contribution in [3.63, 3.8) is 0 Å². The lowest BCUT2D eigenvalue weighted by atomic mass is 9.88. The third kappa shape index (κ3) is 3.95. The number of hydrogen-bond acceptors (Lipinski definition) is 3. The summed E-state index contributed by atoms with van der Waals surface area (Å²) in [5.41, 5.74) is -0.753. The summed E-state index contributed by atoms with van der Waals surface area (Å²) in [6.45, 7) is 8.76. The van der Waals surface area contributed by atoms with Crippen LogP contribution in [-0.4, -0.2) is 58.5 Å². The van der Waals surface area contributed by atoms with Gasteiger partial charge in [0.05, 0.1) is 0 Å². The zero-order valence-electron chi connectivity index (χ0n) is 13.0. The first-order chi connectivity index (χ1) is 9.45. The van der Waals surface area contributed by atoms with E-state index < -0.39 is 11.5 Å². The summed E-state index contributed by atoms with van der Waals surface area (Å²) in [6, 6.07) is 0. The Hall–Kier alpha value is -1.10. The van der Waals surface area contributed by atoms with E-state index in [1.54, 1.807) is 6.92 Å². The van der Waals surface area contributed by atoms with E-state index >= 15 is 0 Å². The Bertz CT molecular complexity index is 342. The Labute approximate surface area is 121 Å². The first kappa shape index (κ1) is 17.0. The summed E-state index contributed by atoms with van der Waals surface area (Å²) in [4.78, 5) is 27.3. The van der Waals surface area contributed by atoms with E-state index in [2.05, 4.69) is 0 Å². The third-order valence-corrected chi connectivity index (χ3v) is 4.44. The highest BCUT2D eigenvalue weighted by Gasteiger charge is 2.40. The molecule has 0 radical (unpaired) electrons. The Kier molecular flexibility index (Phi) is 6.46. The molecule has 20 heavy (non-hydrogen) atoms. The zero-order chi connectivity index (χ0) is 15.2. The first-order valence-electron chi connectivity index (χ1n) is 7.72. The molecule has 1 atom stereocenters. The average Bonchev–Trinajstić information content (AvgIpc) is 2.42. The number of likely N-dealkylation sites (tertiary alicyclic amines) is 1. The van der Waals surface area contributed by atoms with Crippen LogP contribution in [0, 0.1) is 0 Å². The fourth-order valence-corrected chi connectivity index (χ4v) is 2.93. The molecule has 1 unspecified atom stereocenters. The first-order valence-corrected chi connectivity index (χ1v) is 7.72. The van der Waals surface area contributed by atoms with E-state index in [1.165, 1.54) is 0 Å². The van der Waals surface area contributed by atoms with Crippen LogP contribution in [0.1, 0.15) is 52.9 Å². The lowest BCUT2D eigenvalue weighted by molar-refractivity contribution is -0.152. The Morgan fingerprint density at radius 2 is 1.90 bits per heavy atom. The molecule has 0 aromatic heterocycles. The Balaban J connectivity index is 2.47. The fraction of sp³-hybridized carbons (Fsp3) is 0.867. The molecule has 0 saturated carbocycles. The maximum absolute atomic E-state index is 11.9. The van der Waals surface area contributed by atoms with Crippen LogP contribution in [0.5, 0.6) is 0 Å². The van der Waals surface area contributed by atoms with Gasteiger partial charge in [-0.15, -0.1) is 0 Å². The van der Waals surface area contributed by atoms with E-state index in [0.717, 1.165) is 38.9 Å².